The van der Waals surface area contributed by atoms with E-state index in [1.165, 1.54) is 16.7 Å². The van der Waals surface area contributed by atoms with E-state index in [2.05, 4.69) is 62.2 Å². The van der Waals surface area contributed by atoms with E-state index in [-0.39, 0.29) is 18.3 Å². The molecule has 1 aliphatic heterocycles. The molecular weight excluding hydrogens is 772 g/mol. The summed E-state index contributed by atoms with van der Waals surface area (Å²) in [4.78, 5) is 32.7. The van der Waals surface area contributed by atoms with Crippen molar-refractivity contribution in [3.63, 3.8) is 0 Å². The van der Waals surface area contributed by atoms with Gasteiger partial charge in [-0.05, 0) is 123 Å². The Kier molecular flexibility index (Phi) is 10.4. The van der Waals surface area contributed by atoms with Crippen LogP contribution < -0.4 is 29.1 Å². The molecule has 0 bridgehead atoms. The maximum atomic E-state index is 14.2. The van der Waals surface area contributed by atoms with E-state index in [0.29, 0.717) is 50.0 Å². The van der Waals surface area contributed by atoms with Crippen LogP contribution in [0.25, 0.3) is 16.8 Å². The van der Waals surface area contributed by atoms with Crippen molar-refractivity contribution in [2.75, 3.05) is 13.7 Å². The lowest BCUT2D eigenvalue weighted by atomic mass is 9.95. The number of esters is 1. The number of nitrogens with zero attached hydrogens (tertiary/aromatic N) is 2. The summed E-state index contributed by atoms with van der Waals surface area (Å²) in [6.07, 6.45) is 1.74. The number of rotatable bonds is 10. The minimum Gasteiger partial charge on any atom is -0.493 e. The van der Waals surface area contributed by atoms with Crippen LogP contribution in [0.3, 0.4) is 0 Å². The normalized spacial score (nSPS) is 14.5. The van der Waals surface area contributed by atoms with Crippen molar-refractivity contribution >= 4 is 66.0 Å². The Balaban J connectivity index is 1.37. The Labute approximate surface area is 304 Å². The van der Waals surface area contributed by atoms with Gasteiger partial charge in [-0.15, -0.1) is 0 Å². The zero-order chi connectivity index (χ0) is 34.8. The lowest BCUT2D eigenvalue weighted by Gasteiger charge is -2.25. The Morgan fingerprint density at radius 1 is 1.00 bits per heavy atom. The van der Waals surface area contributed by atoms with Gasteiger partial charge >= 0.3 is 5.97 Å². The molecule has 0 N–H and O–H groups in total. The number of aromatic nitrogens is 1. The van der Waals surface area contributed by atoms with E-state index in [4.69, 9.17) is 23.9 Å². The smallest absolute Gasteiger partial charge is 0.338 e. The zero-order valence-electron chi connectivity index (χ0n) is 27.6. The minimum atomic E-state index is -0.788. The summed E-state index contributed by atoms with van der Waals surface area (Å²) in [5, 5.41) is 2.33. The molecule has 0 radical (unpaired) electrons. The second-order valence-electron chi connectivity index (χ2n) is 11.7. The van der Waals surface area contributed by atoms with Crippen LogP contribution in [-0.2, 0) is 16.1 Å². The van der Waals surface area contributed by atoms with Crippen LogP contribution in [0.5, 0.6) is 17.2 Å². The van der Waals surface area contributed by atoms with Gasteiger partial charge in [0.05, 0.1) is 50.6 Å². The first-order valence-corrected chi connectivity index (χ1v) is 18.1. The highest BCUT2D eigenvalue weighted by atomic mass is 79.9. The van der Waals surface area contributed by atoms with Gasteiger partial charge in [0.1, 0.15) is 12.4 Å². The number of benzene rings is 4. The molecular formula is C38H34Br2N2O6S. The summed E-state index contributed by atoms with van der Waals surface area (Å²) in [6.45, 7) is 7.93. The fourth-order valence-electron chi connectivity index (χ4n) is 5.75. The number of thiazole rings is 1. The third kappa shape index (κ3) is 7.25. The number of carbonyl (C=O) groups is 1. The molecule has 0 unspecified atom stereocenters. The monoisotopic (exact) mass is 804 g/mol. The number of hydrogen-bond acceptors (Lipinski definition) is 8. The molecule has 8 nitrogen and oxygen atoms in total. The predicted octanol–water partition coefficient (Wildman–Crippen LogP) is 7.85. The maximum Gasteiger partial charge on any atom is 0.338 e. The summed E-state index contributed by atoms with van der Waals surface area (Å²) in [7, 11) is 1.56. The highest BCUT2D eigenvalue weighted by Crippen LogP contribution is 2.38. The molecule has 49 heavy (non-hydrogen) atoms. The third-order valence-electron chi connectivity index (χ3n) is 7.90. The average Bonchev–Trinajstić information content (AvgIpc) is 3.37. The first-order valence-electron chi connectivity index (χ1n) is 15.7. The van der Waals surface area contributed by atoms with Crippen LogP contribution in [0.2, 0.25) is 0 Å². The quantitative estimate of drug-likeness (QED) is 0.134. The Hall–Kier alpha value is -4.19. The molecule has 252 valence electrons. The molecule has 1 atom stereocenters. The van der Waals surface area contributed by atoms with Gasteiger partial charge in [-0.3, -0.25) is 9.36 Å². The molecule has 4 aromatic carbocycles. The summed E-state index contributed by atoms with van der Waals surface area (Å²) in [6, 6.07) is 22.9. The van der Waals surface area contributed by atoms with E-state index < -0.39 is 12.0 Å². The first-order chi connectivity index (χ1) is 23.6. The minimum absolute atomic E-state index is 0.0695. The fraction of sp³-hybridized carbons (Fsp3) is 0.237. The highest BCUT2D eigenvalue weighted by Gasteiger charge is 2.34. The van der Waals surface area contributed by atoms with Crippen LogP contribution in [0.1, 0.15) is 50.4 Å². The van der Waals surface area contributed by atoms with Crippen molar-refractivity contribution < 1.29 is 23.7 Å². The second kappa shape index (κ2) is 14.7. The largest absolute Gasteiger partial charge is 0.493 e. The number of ether oxygens (including phenoxy) is 4. The van der Waals surface area contributed by atoms with Crippen molar-refractivity contribution in [2.24, 2.45) is 4.99 Å². The molecule has 5 aromatic rings. The van der Waals surface area contributed by atoms with Gasteiger partial charge in [0, 0.05) is 0 Å². The van der Waals surface area contributed by atoms with Gasteiger partial charge in [0.25, 0.3) is 5.56 Å². The van der Waals surface area contributed by atoms with Crippen LogP contribution in [0.15, 0.2) is 103 Å². The number of allylic oxidation sites excluding steroid dienone is 1. The van der Waals surface area contributed by atoms with E-state index in [0.717, 1.165) is 25.5 Å². The van der Waals surface area contributed by atoms with Crippen LogP contribution in [0.4, 0.5) is 0 Å². The Bertz CT molecular complexity index is 2270. The zero-order valence-corrected chi connectivity index (χ0v) is 31.6. The number of methoxy groups -OCH3 is 1. The van der Waals surface area contributed by atoms with Crippen molar-refractivity contribution in [3.05, 3.63) is 129 Å². The SMILES string of the molecule is CCOC(=O)C1=C(C)N=c2s/c(=C\c3cc(Br)c(OCc4ccc5ccccc5c4)c(Br)c3)c(=O)n2[C@@H]1c1ccc(OC(C)C)c(OC)c1. The summed E-state index contributed by atoms with van der Waals surface area (Å²) in [5.41, 5.74) is 2.98. The highest BCUT2D eigenvalue weighted by molar-refractivity contribution is 9.11. The lowest BCUT2D eigenvalue weighted by molar-refractivity contribution is -0.139. The molecule has 0 amide bonds. The molecule has 0 fully saturated rings. The molecule has 1 aromatic heterocycles. The lowest BCUT2D eigenvalue weighted by Crippen LogP contribution is -2.40. The Morgan fingerprint density at radius 3 is 2.43 bits per heavy atom. The van der Waals surface area contributed by atoms with Crippen LogP contribution in [-0.4, -0.2) is 30.4 Å². The third-order valence-corrected chi connectivity index (χ3v) is 10.1. The molecule has 0 spiro atoms. The molecule has 6 rings (SSSR count). The average molecular weight is 807 g/mol. The molecule has 0 aliphatic carbocycles. The molecule has 1 aliphatic rings. The number of carbonyl (C=O) groups excluding carboxylic acids is 1. The van der Waals surface area contributed by atoms with E-state index in [1.54, 1.807) is 37.7 Å². The van der Waals surface area contributed by atoms with Crippen molar-refractivity contribution in [1.82, 2.24) is 4.57 Å². The standard InChI is InChI=1S/C38H34Br2N2O6S/c1-6-46-37(44)33-22(4)41-38-42(34(33)27-13-14-30(48-21(2)3)31(19-27)45-5)36(43)32(49-38)18-24-16-28(39)35(29(40)17-24)47-20-23-11-12-25-9-7-8-10-26(25)15-23/h7-19,21,34H,6,20H2,1-5H3/b32-18-/t34-/m1/s1. The van der Waals surface area contributed by atoms with Gasteiger partial charge in [0.15, 0.2) is 16.3 Å². The van der Waals surface area contributed by atoms with Gasteiger partial charge in [-0.1, -0.05) is 53.8 Å². The molecule has 2 heterocycles. The second-order valence-corrected chi connectivity index (χ2v) is 14.4. The topological polar surface area (TPSA) is 88.4 Å². The number of halogens is 2. The summed E-state index contributed by atoms with van der Waals surface area (Å²) in [5.74, 6) is 1.17. The number of hydrogen-bond donors (Lipinski definition) is 0. The first kappa shape index (κ1) is 34.7. The Morgan fingerprint density at radius 2 is 1.73 bits per heavy atom. The molecule has 0 saturated heterocycles. The molecule has 0 saturated carbocycles. The van der Waals surface area contributed by atoms with Crippen molar-refractivity contribution in [3.8, 4) is 17.2 Å². The van der Waals surface area contributed by atoms with Gasteiger partial charge in [0.2, 0.25) is 0 Å². The van der Waals surface area contributed by atoms with E-state index in [9.17, 15) is 9.59 Å². The predicted molar refractivity (Wildman–Crippen MR) is 199 cm³/mol. The van der Waals surface area contributed by atoms with Crippen LogP contribution in [0, 0.1) is 0 Å². The van der Waals surface area contributed by atoms with Crippen molar-refractivity contribution in [2.45, 2.75) is 46.4 Å². The van der Waals surface area contributed by atoms with Gasteiger partial charge in [-0.25, -0.2) is 9.79 Å². The van der Waals surface area contributed by atoms with Gasteiger partial charge in [-0.2, -0.15) is 0 Å². The summed E-state index contributed by atoms with van der Waals surface area (Å²) >= 11 is 8.59. The molecule has 11 heteroatoms. The fourth-order valence-corrected chi connectivity index (χ4v) is 8.25. The van der Waals surface area contributed by atoms with Crippen molar-refractivity contribution in [1.29, 1.82) is 0 Å². The van der Waals surface area contributed by atoms with E-state index in [1.807, 2.05) is 50.3 Å². The maximum absolute atomic E-state index is 14.2. The van der Waals surface area contributed by atoms with E-state index >= 15 is 0 Å². The van der Waals surface area contributed by atoms with Gasteiger partial charge < -0.3 is 18.9 Å². The summed E-state index contributed by atoms with van der Waals surface area (Å²) < 4.78 is 26.7. The number of fused-ring (bicyclic) bond motifs is 2. The van der Waals surface area contributed by atoms with Crippen LogP contribution >= 0.6 is 43.2 Å².